The molecule has 2 rings (SSSR count). The van der Waals surface area contributed by atoms with Gasteiger partial charge in [0.15, 0.2) is 0 Å². The predicted molar refractivity (Wildman–Crippen MR) is 58.7 cm³/mol. The summed E-state index contributed by atoms with van der Waals surface area (Å²) in [6.45, 7) is 2.20. The molecule has 0 unspecified atom stereocenters. The van der Waals surface area contributed by atoms with Crippen LogP contribution >= 0.6 is 0 Å². The number of hydrogen-bond acceptors (Lipinski definition) is 0. The molecule has 0 amide bonds. The molecule has 0 fully saturated rings. The van der Waals surface area contributed by atoms with Crippen molar-refractivity contribution in [2.75, 3.05) is 0 Å². The number of fused-ring (bicyclic) bond motifs is 1. The molecule has 13 heavy (non-hydrogen) atoms. The van der Waals surface area contributed by atoms with Gasteiger partial charge in [-0.1, -0.05) is 0 Å². The molecule has 0 aliphatic heterocycles. The SMILES string of the molecule is CCc1ccc([As])c2ccccc12. The van der Waals surface area contributed by atoms with E-state index in [9.17, 15) is 0 Å². The Morgan fingerprint density at radius 2 is 1.69 bits per heavy atom. The molecular formula is C12H11As. The van der Waals surface area contributed by atoms with Crippen LogP contribution in [0.5, 0.6) is 0 Å². The Kier molecular flexibility index (Phi) is 2.42. The Bertz CT molecular complexity index is 432. The third-order valence-electron chi connectivity index (χ3n) is 2.37. The van der Waals surface area contributed by atoms with Gasteiger partial charge in [-0.25, -0.2) is 0 Å². The van der Waals surface area contributed by atoms with Gasteiger partial charge in [0.1, 0.15) is 0 Å². The molecule has 0 bridgehead atoms. The standard InChI is InChI=1S/C12H11As/c1-2-9-7-8-12(13)11-6-4-3-5-10(9)11/h3-8H,2H2,1H3. The van der Waals surface area contributed by atoms with Crippen molar-refractivity contribution in [3.63, 3.8) is 0 Å². The van der Waals surface area contributed by atoms with Gasteiger partial charge in [-0.3, -0.25) is 0 Å². The van der Waals surface area contributed by atoms with Crippen LogP contribution in [0.3, 0.4) is 0 Å². The van der Waals surface area contributed by atoms with Crippen molar-refractivity contribution in [1.82, 2.24) is 0 Å². The molecule has 2 radical (unpaired) electrons. The van der Waals surface area contributed by atoms with E-state index >= 15 is 0 Å². The zero-order valence-corrected chi connectivity index (χ0v) is 9.49. The van der Waals surface area contributed by atoms with Crippen molar-refractivity contribution >= 4 is 32.0 Å². The molecule has 0 atom stereocenters. The van der Waals surface area contributed by atoms with Crippen molar-refractivity contribution in [3.8, 4) is 0 Å². The Balaban J connectivity index is 2.84. The molecular weight excluding hydrogens is 219 g/mol. The maximum atomic E-state index is 2.63. The first-order valence-corrected chi connectivity index (χ1v) is 5.46. The van der Waals surface area contributed by atoms with Crippen molar-refractivity contribution in [2.45, 2.75) is 13.3 Å². The number of hydrogen-bond donors (Lipinski definition) is 0. The van der Waals surface area contributed by atoms with Crippen molar-refractivity contribution in [3.05, 3.63) is 42.0 Å². The van der Waals surface area contributed by atoms with E-state index in [1.807, 2.05) is 0 Å². The molecule has 0 aromatic heterocycles. The zero-order chi connectivity index (χ0) is 9.26. The van der Waals surface area contributed by atoms with Crippen LogP contribution in [-0.4, -0.2) is 16.9 Å². The summed E-state index contributed by atoms with van der Waals surface area (Å²) in [6, 6.07) is 13.0. The molecule has 0 nitrogen and oxygen atoms in total. The first kappa shape index (κ1) is 8.84. The zero-order valence-electron chi connectivity index (χ0n) is 7.62. The molecule has 0 saturated heterocycles. The Labute approximate surface area is 87.5 Å². The molecule has 0 spiro atoms. The van der Waals surface area contributed by atoms with Gasteiger partial charge in [0.25, 0.3) is 0 Å². The van der Waals surface area contributed by atoms with Crippen molar-refractivity contribution in [1.29, 1.82) is 0 Å². The van der Waals surface area contributed by atoms with Gasteiger partial charge < -0.3 is 0 Å². The van der Waals surface area contributed by atoms with Gasteiger partial charge in [-0.15, -0.1) is 0 Å². The van der Waals surface area contributed by atoms with Crippen molar-refractivity contribution < 1.29 is 0 Å². The molecule has 0 heterocycles. The van der Waals surface area contributed by atoms with E-state index in [1.165, 1.54) is 20.7 Å². The first-order valence-electron chi connectivity index (χ1n) is 4.52. The van der Waals surface area contributed by atoms with E-state index in [2.05, 4.69) is 60.2 Å². The quantitative estimate of drug-likeness (QED) is 0.659. The minimum absolute atomic E-state index is 1.10. The van der Waals surface area contributed by atoms with Gasteiger partial charge in [-0.2, -0.15) is 0 Å². The van der Waals surface area contributed by atoms with Crippen LogP contribution in [0.1, 0.15) is 12.5 Å². The van der Waals surface area contributed by atoms with E-state index in [0.717, 1.165) is 6.42 Å². The Morgan fingerprint density at radius 1 is 1.00 bits per heavy atom. The molecule has 1 heteroatoms. The normalized spacial score (nSPS) is 10.6. The second kappa shape index (κ2) is 3.55. The second-order valence-corrected chi connectivity index (χ2v) is 4.15. The topological polar surface area (TPSA) is 0 Å². The number of aryl methyl sites for hydroxylation is 1. The molecule has 64 valence electrons. The number of rotatable bonds is 1. The molecule has 0 N–H and O–H groups in total. The Morgan fingerprint density at radius 3 is 2.38 bits per heavy atom. The predicted octanol–water partition coefficient (Wildman–Crippen LogP) is 2.20. The summed E-state index contributed by atoms with van der Waals surface area (Å²) in [6.07, 6.45) is 1.10. The van der Waals surface area contributed by atoms with Crippen LogP contribution < -0.4 is 4.35 Å². The minimum atomic E-state index is 1.10. The van der Waals surface area contributed by atoms with Crippen LogP contribution in [-0.2, 0) is 6.42 Å². The van der Waals surface area contributed by atoms with E-state index in [1.54, 1.807) is 0 Å². The molecule has 0 saturated carbocycles. The van der Waals surface area contributed by atoms with Crippen LogP contribution in [0.4, 0.5) is 0 Å². The third kappa shape index (κ3) is 1.51. The fourth-order valence-corrected chi connectivity index (χ4v) is 2.22. The van der Waals surface area contributed by atoms with Gasteiger partial charge in [-0.05, 0) is 0 Å². The fraction of sp³-hybridized carbons (Fsp3) is 0.167. The van der Waals surface area contributed by atoms with E-state index in [-0.39, 0.29) is 0 Å². The first-order chi connectivity index (χ1) is 6.33. The Hall–Kier alpha value is -0.742. The molecule has 2 aromatic rings. The average molecular weight is 230 g/mol. The summed E-state index contributed by atoms with van der Waals surface area (Å²) in [5.74, 6) is 0. The summed E-state index contributed by atoms with van der Waals surface area (Å²) in [4.78, 5) is 0. The molecule has 2 aromatic carbocycles. The number of benzene rings is 2. The summed E-state index contributed by atoms with van der Waals surface area (Å²) in [7, 11) is 0. The van der Waals surface area contributed by atoms with Gasteiger partial charge in [0, 0.05) is 0 Å². The maximum absolute atomic E-state index is 2.63. The third-order valence-corrected chi connectivity index (χ3v) is 3.19. The van der Waals surface area contributed by atoms with Crippen LogP contribution in [0.2, 0.25) is 0 Å². The molecule has 0 aliphatic rings. The van der Waals surface area contributed by atoms with Crippen molar-refractivity contribution in [2.24, 2.45) is 0 Å². The monoisotopic (exact) mass is 230 g/mol. The summed E-state index contributed by atoms with van der Waals surface area (Å²) < 4.78 is 1.31. The van der Waals surface area contributed by atoms with Gasteiger partial charge in [0.05, 0.1) is 0 Å². The van der Waals surface area contributed by atoms with E-state index in [4.69, 9.17) is 0 Å². The van der Waals surface area contributed by atoms with Crippen LogP contribution in [0, 0.1) is 0 Å². The van der Waals surface area contributed by atoms with E-state index < -0.39 is 0 Å². The van der Waals surface area contributed by atoms with Crippen LogP contribution in [0.25, 0.3) is 10.8 Å². The summed E-state index contributed by atoms with van der Waals surface area (Å²) >= 11 is 2.63. The van der Waals surface area contributed by atoms with Gasteiger partial charge in [0.2, 0.25) is 0 Å². The fourth-order valence-electron chi connectivity index (χ4n) is 1.65. The second-order valence-electron chi connectivity index (χ2n) is 3.14. The molecule has 0 aliphatic carbocycles. The van der Waals surface area contributed by atoms with Crippen LogP contribution in [0.15, 0.2) is 36.4 Å². The van der Waals surface area contributed by atoms with Gasteiger partial charge >= 0.3 is 87.3 Å². The van der Waals surface area contributed by atoms with E-state index in [0.29, 0.717) is 0 Å². The average Bonchev–Trinajstić information content (AvgIpc) is 2.19. The summed E-state index contributed by atoms with van der Waals surface area (Å²) in [5.41, 5.74) is 1.44. The summed E-state index contributed by atoms with van der Waals surface area (Å²) in [5, 5.41) is 2.75.